The predicted molar refractivity (Wildman–Crippen MR) is 90.0 cm³/mol. The van der Waals surface area contributed by atoms with Crippen molar-refractivity contribution in [1.82, 2.24) is 24.1 Å². The van der Waals surface area contributed by atoms with Crippen molar-refractivity contribution >= 4 is 11.2 Å². The molecule has 4 rings (SSSR count). The van der Waals surface area contributed by atoms with Gasteiger partial charge < -0.3 is 9.13 Å². The minimum Gasteiger partial charge on any atom is -0.323 e. The van der Waals surface area contributed by atoms with Crippen LogP contribution in [0.3, 0.4) is 0 Å². The van der Waals surface area contributed by atoms with E-state index in [9.17, 15) is 4.39 Å². The SMILES string of the molecule is Cc1cn(Cc2nc3cccnc3n2C)c(-c2cccc(F)c2)n1. The van der Waals surface area contributed by atoms with Gasteiger partial charge in [-0.25, -0.2) is 19.3 Å². The Morgan fingerprint density at radius 3 is 2.79 bits per heavy atom. The third-order valence-corrected chi connectivity index (χ3v) is 4.01. The fraction of sp³-hybridized carbons (Fsp3) is 0.167. The van der Waals surface area contributed by atoms with Crippen LogP contribution >= 0.6 is 0 Å². The lowest BCUT2D eigenvalue weighted by atomic mass is 10.2. The fourth-order valence-electron chi connectivity index (χ4n) is 2.89. The van der Waals surface area contributed by atoms with Crippen LogP contribution in [0.4, 0.5) is 4.39 Å². The Bertz CT molecular complexity index is 1030. The zero-order valence-electron chi connectivity index (χ0n) is 13.4. The Morgan fingerprint density at radius 2 is 2.00 bits per heavy atom. The van der Waals surface area contributed by atoms with Crippen LogP contribution in [0.1, 0.15) is 11.5 Å². The smallest absolute Gasteiger partial charge is 0.159 e. The van der Waals surface area contributed by atoms with E-state index in [1.807, 2.05) is 47.5 Å². The fourth-order valence-corrected chi connectivity index (χ4v) is 2.89. The van der Waals surface area contributed by atoms with Crippen LogP contribution in [-0.2, 0) is 13.6 Å². The van der Waals surface area contributed by atoms with Crippen molar-refractivity contribution in [3.63, 3.8) is 0 Å². The monoisotopic (exact) mass is 321 g/mol. The number of aromatic nitrogens is 5. The molecule has 3 aromatic heterocycles. The summed E-state index contributed by atoms with van der Waals surface area (Å²) in [6, 6.07) is 10.3. The van der Waals surface area contributed by atoms with E-state index < -0.39 is 0 Å². The maximum atomic E-state index is 13.6. The molecule has 5 nitrogen and oxygen atoms in total. The molecule has 0 amide bonds. The van der Waals surface area contributed by atoms with E-state index in [0.29, 0.717) is 6.54 Å². The van der Waals surface area contributed by atoms with Crippen LogP contribution in [0, 0.1) is 12.7 Å². The Balaban J connectivity index is 1.78. The second-order valence-electron chi connectivity index (χ2n) is 5.78. The summed E-state index contributed by atoms with van der Waals surface area (Å²) >= 11 is 0. The molecule has 4 aromatic rings. The van der Waals surface area contributed by atoms with E-state index in [0.717, 1.165) is 34.1 Å². The normalized spacial score (nSPS) is 11.3. The quantitative estimate of drug-likeness (QED) is 0.581. The van der Waals surface area contributed by atoms with Gasteiger partial charge in [0.2, 0.25) is 0 Å². The Hall–Kier alpha value is -3.02. The summed E-state index contributed by atoms with van der Waals surface area (Å²) in [5.74, 6) is 1.33. The predicted octanol–water partition coefficient (Wildman–Crippen LogP) is 3.33. The molecule has 0 fully saturated rings. The molecule has 0 aliphatic heterocycles. The second kappa shape index (κ2) is 5.56. The van der Waals surface area contributed by atoms with Crippen molar-refractivity contribution in [2.75, 3.05) is 0 Å². The number of halogens is 1. The zero-order valence-corrected chi connectivity index (χ0v) is 13.4. The Kier molecular flexibility index (Phi) is 3.37. The highest BCUT2D eigenvalue weighted by atomic mass is 19.1. The summed E-state index contributed by atoms with van der Waals surface area (Å²) in [4.78, 5) is 13.6. The van der Waals surface area contributed by atoms with E-state index in [-0.39, 0.29) is 5.82 Å². The van der Waals surface area contributed by atoms with Gasteiger partial charge in [-0.2, -0.15) is 0 Å². The molecule has 0 saturated carbocycles. The first-order valence-corrected chi connectivity index (χ1v) is 7.68. The zero-order chi connectivity index (χ0) is 16.7. The van der Waals surface area contributed by atoms with Gasteiger partial charge >= 0.3 is 0 Å². The van der Waals surface area contributed by atoms with Gasteiger partial charge in [-0.15, -0.1) is 0 Å². The molecule has 0 spiro atoms. The third kappa shape index (κ3) is 2.46. The van der Waals surface area contributed by atoms with Crippen LogP contribution in [0.2, 0.25) is 0 Å². The van der Waals surface area contributed by atoms with Crippen LogP contribution in [0.15, 0.2) is 48.8 Å². The molecular formula is C18H16FN5. The number of hydrogen-bond acceptors (Lipinski definition) is 3. The van der Waals surface area contributed by atoms with Gasteiger partial charge in [-0.1, -0.05) is 12.1 Å². The summed E-state index contributed by atoms with van der Waals surface area (Å²) < 4.78 is 17.5. The molecule has 0 unspecified atom stereocenters. The largest absolute Gasteiger partial charge is 0.323 e. The molecule has 120 valence electrons. The van der Waals surface area contributed by atoms with E-state index in [1.54, 1.807) is 12.3 Å². The van der Waals surface area contributed by atoms with E-state index in [1.165, 1.54) is 12.1 Å². The number of fused-ring (bicyclic) bond motifs is 1. The summed E-state index contributed by atoms with van der Waals surface area (Å²) in [5, 5.41) is 0. The molecule has 3 heterocycles. The Labute approximate surface area is 138 Å². The second-order valence-corrected chi connectivity index (χ2v) is 5.78. The molecule has 0 N–H and O–H groups in total. The van der Waals surface area contributed by atoms with Crippen molar-refractivity contribution in [3.8, 4) is 11.4 Å². The number of imidazole rings is 2. The highest BCUT2D eigenvalue weighted by molar-refractivity contribution is 5.71. The molecule has 0 aliphatic rings. The first-order chi connectivity index (χ1) is 11.6. The molecule has 0 aliphatic carbocycles. The first kappa shape index (κ1) is 14.6. The lowest BCUT2D eigenvalue weighted by Crippen LogP contribution is -2.07. The lowest BCUT2D eigenvalue weighted by Gasteiger charge is -2.08. The summed E-state index contributed by atoms with van der Waals surface area (Å²) in [6.07, 6.45) is 3.71. The highest BCUT2D eigenvalue weighted by Crippen LogP contribution is 2.21. The van der Waals surface area contributed by atoms with Crippen LogP contribution in [0.5, 0.6) is 0 Å². The topological polar surface area (TPSA) is 48.5 Å². The highest BCUT2D eigenvalue weighted by Gasteiger charge is 2.13. The van der Waals surface area contributed by atoms with Gasteiger partial charge in [0.05, 0.1) is 12.2 Å². The Morgan fingerprint density at radius 1 is 1.12 bits per heavy atom. The van der Waals surface area contributed by atoms with Crippen molar-refractivity contribution in [3.05, 3.63) is 66.1 Å². The third-order valence-electron chi connectivity index (χ3n) is 4.01. The number of nitrogens with zero attached hydrogens (tertiary/aromatic N) is 5. The summed E-state index contributed by atoms with van der Waals surface area (Å²) in [6.45, 7) is 2.47. The standard InChI is InChI=1S/C18H16FN5/c1-12-10-24(17(21-12)13-5-3-6-14(19)9-13)11-16-22-15-7-4-8-20-18(15)23(16)2/h3-10H,11H2,1-2H3. The van der Waals surface area contributed by atoms with E-state index >= 15 is 0 Å². The van der Waals surface area contributed by atoms with Crippen LogP contribution in [0.25, 0.3) is 22.6 Å². The molecule has 0 saturated heterocycles. The molecule has 0 bridgehead atoms. The average Bonchev–Trinajstić information content (AvgIpc) is 3.09. The number of pyridine rings is 1. The molecule has 0 radical (unpaired) electrons. The first-order valence-electron chi connectivity index (χ1n) is 7.68. The average molecular weight is 321 g/mol. The summed E-state index contributed by atoms with van der Waals surface area (Å²) in [5.41, 5.74) is 3.34. The minimum atomic E-state index is -0.272. The van der Waals surface area contributed by atoms with Gasteiger partial charge in [0.25, 0.3) is 0 Å². The van der Waals surface area contributed by atoms with Gasteiger partial charge in [0.1, 0.15) is 23.0 Å². The maximum absolute atomic E-state index is 13.6. The number of aryl methyl sites for hydroxylation is 2. The molecular weight excluding hydrogens is 305 g/mol. The van der Waals surface area contributed by atoms with Crippen molar-refractivity contribution in [2.24, 2.45) is 7.05 Å². The van der Waals surface area contributed by atoms with Crippen molar-refractivity contribution in [2.45, 2.75) is 13.5 Å². The van der Waals surface area contributed by atoms with Gasteiger partial charge in [0, 0.05) is 25.0 Å². The maximum Gasteiger partial charge on any atom is 0.159 e. The van der Waals surface area contributed by atoms with E-state index in [2.05, 4.69) is 15.0 Å². The number of benzene rings is 1. The molecule has 1 aromatic carbocycles. The molecule has 6 heteroatoms. The number of rotatable bonds is 3. The van der Waals surface area contributed by atoms with Crippen molar-refractivity contribution < 1.29 is 4.39 Å². The van der Waals surface area contributed by atoms with Gasteiger partial charge in [0.15, 0.2) is 5.65 Å². The van der Waals surface area contributed by atoms with Gasteiger partial charge in [-0.3, -0.25) is 0 Å². The number of hydrogen-bond donors (Lipinski definition) is 0. The minimum absolute atomic E-state index is 0.272. The van der Waals surface area contributed by atoms with E-state index in [4.69, 9.17) is 0 Å². The summed E-state index contributed by atoms with van der Waals surface area (Å²) in [7, 11) is 1.95. The van der Waals surface area contributed by atoms with Crippen molar-refractivity contribution in [1.29, 1.82) is 0 Å². The molecule has 24 heavy (non-hydrogen) atoms. The van der Waals surface area contributed by atoms with Crippen LogP contribution < -0.4 is 0 Å². The molecule has 0 atom stereocenters. The van der Waals surface area contributed by atoms with Gasteiger partial charge in [-0.05, 0) is 31.2 Å². The van der Waals surface area contributed by atoms with Crippen LogP contribution in [-0.4, -0.2) is 24.1 Å². The lowest BCUT2D eigenvalue weighted by molar-refractivity contribution is 0.627.